The van der Waals surface area contributed by atoms with E-state index in [4.69, 9.17) is 5.26 Å². The molecule has 0 spiro atoms. The minimum Gasteiger partial charge on any atom is -0.312 e. The molecule has 0 unspecified atom stereocenters. The first-order valence-electron chi connectivity index (χ1n) is 7.10. The molecule has 0 aliphatic carbocycles. The van der Waals surface area contributed by atoms with E-state index in [-0.39, 0.29) is 5.91 Å². The van der Waals surface area contributed by atoms with Crippen LogP contribution in [-0.2, 0) is 11.2 Å². The average molecular weight is 276 g/mol. The van der Waals surface area contributed by atoms with Crippen LogP contribution in [0.1, 0.15) is 24.5 Å². The molecular weight excluding hydrogens is 260 g/mol. The van der Waals surface area contributed by atoms with E-state index in [1.165, 1.54) is 5.56 Å². The molecule has 0 bridgehead atoms. The molecule has 1 amide bonds. The smallest absolute Gasteiger partial charge is 0.223 e. The summed E-state index contributed by atoms with van der Waals surface area (Å²) < 4.78 is 0. The fraction of sp³-hybridized carbons (Fsp3) is 0.222. The van der Waals surface area contributed by atoms with Gasteiger partial charge in [-0.1, -0.05) is 18.2 Å². The predicted octanol–water partition coefficient (Wildman–Crippen LogP) is 3.52. The van der Waals surface area contributed by atoms with Crippen molar-refractivity contribution >= 4 is 11.6 Å². The fourth-order valence-corrected chi connectivity index (χ4v) is 2.87. The lowest BCUT2D eigenvalue weighted by Crippen LogP contribution is -2.33. The number of amides is 1. The molecule has 1 aliphatic rings. The highest BCUT2D eigenvalue weighted by Gasteiger charge is 2.20. The SMILES string of the molecule is CC(=O)N1CCCc2cc(-c3cccc(C#N)c3)ccc21. The zero-order valence-electron chi connectivity index (χ0n) is 12.0. The Morgan fingerprint density at radius 1 is 1.19 bits per heavy atom. The van der Waals surface area contributed by atoms with Crippen LogP contribution >= 0.6 is 0 Å². The molecule has 2 aromatic carbocycles. The summed E-state index contributed by atoms with van der Waals surface area (Å²) in [4.78, 5) is 13.5. The highest BCUT2D eigenvalue weighted by molar-refractivity contribution is 5.93. The van der Waals surface area contributed by atoms with Gasteiger partial charge in [0.15, 0.2) is 0 Å². The van der Waals surface area contributed by atoms with Gasteiger partial charge in [0.05, 0.1) is 11.6 Å². The van der Waals surface area contributed by atoms with Gasteiger partial charge in [0.2, 0.25) is 5.91 Å². The molecule has 0 aromatic heterocycles. The molecule has 0 fully saturated rings. The monoisotopic (exact) mass is 276 g/mol. The Balaban J connectivity index is 2.03. The lowest BCUT2D eigenvalue weighted by Gasteiger charge is -2.29. The van der Waals surface area contributed by atoms with Gasteiger partial charge in [-0.25, -0.2) is 0 Å². The first-order valence-corrected chi connectivity index (χ1v) is 7.10. The fourth-order valence-electron chi connectivity index (χ4n) is 2.87. The maximum Gasteiger partial charge on any atom is 0.223 e. The molecule has 1 aliphatic heterocycles. The van der Waals surface area contributed by atoms with E-state index in [1.807, 2.05) is 35.2 Å². The maximum atomic E-state index is 11.7. The van der Waals surface area contributed by atoms with Crippen LogP contribution in [0.3, 0.4) is 0 Å². The quantitative estimate of drug-likeness (QED) is 0.799. The van der Waals surface area contributed by atoms with Crippen molar-refractivity contribution in [2.45, 2.75) is 19.8 Å². The zero-order chi connectivity index (χ0) is 14.8. The number of carbonyl (C=O) groups excluding carboxylic acids is 1. The summed E-state index contributed by atoms with van der Waals surface area (Å²) in [6, 6.07) is 16.0. The van der Waals surface area contributed by atoms with E-state index in [1.54, 1.807) is 13.0 Å². The second-order valence-corrected chi connectivity index (χ2v) is 5.31. The Bertz CT molecular complexity index is 743. The Kier molecular flexibility index (Phi) is 3.45. The number of nitriles is 1. The summed E-state index contributed by atoms with van der Waals surface area (Å²) in [5.41, 5.74) is 5.02. The van der Waals surface area contributed by atoms with Gasteiger partial charge in [-0.3, -0.25) is 4.79 Å². The van der Waals surface area contributed by atoms with Crippen molar-refractivity contribution in [2.75, 3.05) is 11.4 Å². The van der Waals surface area contributed by atoms with Crippen LogP contribution < -0.4 is 4.90 Å². The lowest BCUT2D eigenvalue weighted by atomic mass is 9.95. The first-order chi connectivity index (χ1) is 10.2. The number of carbonyl (C=O) groups is 1. The predicted molar refractivity (Wildman–Crippen MR) is 82.9 cm³/mol. The maximum absolute atomic E-state index is 11.7. The standard InChI is InChI=1S/C18H16N2O/c1-13(21)20-9-3-6-17-11-16(7-8-18(17)20)15-5-2-4-14(10-15)12-19/h2,4-5,7-8,10-11H,3,6,9H2,1H3. The Morgan fingerprint density at radius 3 is 2.76 bits per heavy atom. The minimum absolute atomic E-state index is 0.0928. The minimum atomic E-state index is 0.0928. The number of nitrogens with zero attached hydrogens (tertiary/aromatic N) is 2. The molecule has 0 radical (unpaired) electrons. The molecule has 3 rings (SSSR count). The molecular formula is C18H16N2O. The molecule has 1 heterocycles. The summed E-state index contributed by atoms with van der Waals surface area (Å²) in [6.45, 7) is 2.41. The van der Waals surface area contributed by atoms with E-state index >= 15 is 0 Å². The molecule has 0 atom stereocenters. The Labute approximate surface area is 124 Å². The molecule has 0 saturated heterocycles. The van der Waals surface area contributed by atoms with E-state index < -0.39 is 0 Å². The van der Waals surface area contributed by atoms with Crippen molar-refractivity contribution in [2.24, 2.45) is 0 Å². The van der Waals surface area contributed by atoms with Crippen LogP contribution in [0.15, 0.2) is 42.5 Å². The average Bonchev–Trinajstić information content (AvgIpc) is 2.53. The molecule has 3 nitrogen and oxygen atoms in total. The van der Waals surface area contributed by atoms with Gasteiger partial charge in [-0.15, -0.1) is 0 Å². The second-order valence-electron chi connectivity index (χ2n) is 5.31. The third-order valence-corrected chi connectivity index (χ3v) is 3.90. The number of anilines is 1. The van der Waals surface area contributed by atoms with E-state index in [0.717, 1.165) is 36.2 Å². The largest absolute Gasteiger partial charge is 0.312 e. The van der Waals surface area contributed by atoms with Gasteiger partial charge in [-0.05, 0) is 53.8 Å². The van der Waals surface area contributed by atoms with Crippen LogP contribution in [0.4, 0.5) is 5.69 Å². The van der Waals surface area contributed by atoms with Gasteiger partial charge >= 0.3 is 0 Å². The van der Waals surface area contributed by atoms with Gasteiger partial charge in [0.1, 0.15) is 0 Å². The molecule has 0 saturated carbocycles. The van der Waals surface area contributed by atoms with E-state index in [9.17, 15) is 4.79 Å². The number of fused-ring (bicyclic) bond motifs is 1. The number of benzene rings is 2. The van der Waals surface area contributed by atoms with Crippen molar-refractivity contribution in [1.29, 1.82) is 5.26 Å². The second kappa shape index (κ2) is 5.41. The van der Waals surface area contributed by atoms with Gasteiger partial charge < -0.3 is 4.90 Å². The summed E-state index contributed by atoms with van der Waals surface area (Å²) in [5.74, 6) is 0.0928. The Hall–Kier alpha value is -2.60. The highest BCUT2D eigenvalue weighted by atomic mass is 16.2. The van der Waals surface area contributed by atoms with Crippen LogP contribution in [0.5, 0.6) is 0 Å². The van der Waals surface area contributed by atoms with Crippen molar-refractivity contribution < 1.29 is 4.79 Å². The number of aryl methyl sites for hydroxylation is 1. The topological polar surface area (TPSA) is 44.1 Å². The van der Waals surface area contributed by atoms with Crippen molar-refractivity contribution in [3.63, 3.8) is 0 Å². The lowest BCUT2D eigenvalue weighted by molar-refractivity contribution is -0.116. The number of rotatable bonds is 1. The number of hydrogen-bond acceptors (Lipinski definition) is 2. The van der Waals surface area contributed by atoms with E-state index in [0.29, 0.717) is 5.56 Å². The summed E-state index contributed by atoms with van der Waals surface area (Å²) in [5, 5.41) is 9.00. The zero-order valence-corrected chi connectivity index (χ0v) is 12.0. The highest BCUT2D eigenvalue weighted by Crippen LogP contribution is 2.31. The van der Waals surface area contributed by atoms with Gasteiger partial charge in [0.25, 0.3) is 0 Å². The summed E-state index contributed by atoms with van der Waals surface area (Å²) in [6.07, 6.45) is 1.99. The van der Waals surface area contributed by atoms with Crippen molar-refractivity contribution in [1.82, 2.24) is 0 Å². The van der Waals surface area contributed by atoms with E-state index in [2.05, 4.69) is 12.1 Å². The van der Waals surface area contributed by atoms with Crippen molar-refractivity contribution in [3.8, 4) is 17.2 Å². The van der Waals surface area contributed by atoms with Crippen LogP contribution in [-0.4, -0.2) is 12.5 Å². The third-order valence-electron chi connectivity index (χ3n) is 3.90. The normalized spacial score (nSPS) is 13.4. The summed E-state index contributed by atoms with van der Waals surface area (Å²) in [7, 11) is 0. The molecule has 104 valence electrons. The van der Waals surface area contributed by atoms with Crippen molar-refractivity contribution in [3.05, 3.63) is 53.6 Å². The molecule has 0 N–H and O–H groups in total. The van der Waals surface area contributed by atoms with Crippen LogP contribution in [0.2, 0.25) is 0 Å². The number of hydrogen-bond donors (Lipinski definition) is 0. The molecule has 21 heavy (non-hydrogen) atoms. The third kappa shape index (κ3) is 2.53. The first kappa shape index (κ1) is 13.4. The molecule has 3 heteroatoms. The summed E-state index contributed by atoms with van der Waals surface area (Å²) >= 11 is 0. The van der Waals surface area contributed by atoms with Gasteiger partial charge in [0, 0.05) is 19.2 Å². The molecule has 2 aromatic rings. The van der Waals surface area contributed by atoms with Crippen LogP contribution in [0.25, 0.3) is 11.1 Å². The van der Waals surface area contributed by atoms with Gasteiger partial charge in [-0.2, -0.15) is 5.26 Å². The Morgan fingerprint density at radius 2 is 2.00 bits per heavy atom. The van der Waals surface area contributed by atoms with Crippen LogP contribution in [0, 0.1) is 11.3 Å².